The summed E-state index contributed by atoms with van der Waals surface area (Å²) >= 11 is 6.06. The van der Waals surface area contributed by atoms with Crippen LogP contribution in [0.5, 0.6) is 5.75 Å². The fraction of sp³-hybridized carbons (Fsp3) is 0.312. The molecule has 2 aromatic rings. The highest BCUT2D eigenvalue weighted by atomic mass is 35.5. The Morgan fingerprint density at radius 3 is 2.92 bits per heavy atom. The lowest BCUT2D eigenvalue weighted by atomic mass is 9.95. The second-order valence-corrected chi connectivity index (χ2v) is 5.81. The van der Waals surface area contributed by atoms with Crippen molar-refractivity contribution in [3.63, 3.8) is 0 Å². The lowest BCUT2D eigenvalue weighted by Gasteiger charge is -2.29. The molecule has 2 heterocycles. The Morgan fingerprint density at radius 1 is 1.46 bits per heavy atom. The van der Waals surface area contributed by atoms with E-state index in [1.54, 1.807) is 13.8 Å². The molecule has 10 heteroatoms. The molecule has 0 fully saturated rings. The van der Waals surface area contributed by atoms with Gasteiger partial charge in [-0.25, -0.2) is 9.48 Å². The molecule has 0 spiro atoms. The minimum atomic E-state index is -3.04. The van der Waals surface area contributed by atoms with E-state index in [1.807, 2.05) is 0 Å². The van der Waals surface area contributed by atoms with E-state index in [0.29, 0.717) is 16.7 Å². The van der Waals surface area contributed by atoms with Crippen LogP contribution in [0.1, 0.15) is 25.5 Å². The number of benzene rings is 1. The molecule has 0 amide bonds. The van der Waals surface area contributed by atoms with E-state index in [-0.39, 0.29) is 23.5 Å². The molecule has 0 saturated heterocycles. The maximum absolute atomic E-state index is 12.9. The van der Waals surface area contributed by atoms with Gasteiger partial charge in [-0.15, -0.1) is 0 Å². The van der Waals surface area contributed by atoms with Crippen molar-refractivity contribution >= 4 is 23.5 Å². The Bertz CT molecular complexity index is 869. The van der Waals surface area contributed by atoms with Gasteiger partial charge in [-0.2, -0.15) is 18.9 Å². The molecule has 1 aromatic heterocycles. The third-order valence-electron chi connectivity index (χ3n) is 3.77. The van der Waals surface area contributed by atoms with Crippen LogP contribution in [0.15, 0.2) is 35.8 Å². The molecule has 0 aliphatic carbocycles. The van der Waals surface area contributed by atoms with Gasteiger partial charge in [0.1, 0.15) is 18.1 Å². The second-order valence-electron chi connectivity index (χ2n) is 5.38. The van der Waals surface area contributed by atoms with Gasteiger partial charge < -0.3 is 14.8 Å². The largest absolute Gasteiger partial charge is 0.463 e. The number of esters is 1. The molecule has 0 saturated carbocycles. The zero-order chi connectivity index (χ0) is 18.8. The van der Waals surface area contributed by atoms with Crippen LogP contribution < -0.4 is 10.1 Å². The topological polar surface area (TPSA) is 78.3 Å². The zero-order valence-corrected chi connectivity index (χ0v) is 14.6. The SMILES string of the molecule is CCOC(=O)C1=C(C)Nc2ncnn2[C@H]1c1cc(Cl)ccc1OC(F)F. The van der Waals surface area contributed by atoms with Crippen molar-refractivity contribution in [1.82, 2.24) is 14.8 Å². The lowest BCUT2D eigenvalue weighted by Crippen LogP contribution is -2.30. The molecular weight excluding hydrogens is 370 g/mol. The first-order valence-corrected chi connectivity index (χ1v) is 8.08. The zero-order valence-electron chi connectivity index (χ0n) is 13.9. The van der Waals surface area contributed by atoms with E-state index in [0.717, 1.165) is 0 Å². The highest BCUT2D eigenvalue weighted by Crippen LogP contribution is 2.40. The van der Waals surface area contributed by atoms with Crippen molar-refractivity contribution in [3.8, 4) is 5.75 Å². The minimum absolute atomic E-state index is 0.118. The van der Waals surface area contributed by atoms with Crippen LogP contribution in [0, 0.1) is 0 Å². The Kier molecular flexibility index (Phi) is 5.08. The molecule has 26 heavy (non-hydrogen) atoms. The number of ether oxygens (including phenoxy) is 2. The first-order valence-electron chi connectivity index (χ1n) is 7.71. The minimum Gasteiger partial charge on any atom is -0.463 e. The molecule has 7 nitrogen and oxygen atoms in total. The van der Waals surface area contributed by atoms with Crippen molar-refractivity contribution in [2.75, 3.05) is 11.9 Å². The number of rotatable bonds is 5. The summed E-state index contributed by atoms with van der Waals surface area (Å²) in [6.07, 6.45) is 1.29. The summed E-state index contributed by atoms with van der Waals surface area (Å²) in [6.45, 7) is 0.450. The number of halogens is 3. The van der Waals surface area contributed by atoms with Gasteiger partial charge in [0.25, 0.3) is 0 Å². The number of alkyl halides is 2. The monoisotopic (exact) mass is 384 g/mol. The van der Waals surface area contributed by atoms with Crippen LogP contribution in [-0.2, 0) is 9.53 Å². The first-order chi connectivity index (χ1) is 12.4. The third-order valence-corrected chi connectivity index (χ3v) is 4.01. The van der Waals surface area contributed by atoms with Crippen LogP contribution in [-0.4, -0.2) is 34.0 Å². The number of allylic oxidation sites excluding steroid dienone is 1. The summed E-state index contributed by atoms with van der Waals surface area (Å²) in [5, 5.41) is 7.35. The number of carbonyl (C=O) groups is 1. The van der Waals surface area contributed by atoms with Gasteiger partial charge in [0.2, 0.25) is 5.95 Å². The summed E-state index contributed by atoms with van der Waals surface area (Å²) in [7, 11) is 0. The third kappa shape index (κ3) is 3.34. The van der Waals surface area contributed by atoms with E-state index in [1.165, 1.54) is 29.2 Å². The van der Waals surface area contributed by atoms with E-state index >= 15 is 0 Å². The van der Waals surface area contributed by atoms with Crippen molar-refractivity contribution in [2.45, 2.75) is 26.5 Å². The van der Waals surface area contributed by atoms with Crippen molar-refractivity contribution < 1.29 is 23.0 Å². The smallest absolute Gasteiger partial charge is 0.387 e. The molecule has 1 aromatic carbocycles. The summed E-state index contributed by atoms with van der Waals surface area (Å²) in [5.41, 5.74) is 0.914. The number of nitrogens with zero attached hydrogens (tertiary/aromatic N) is 3. The molecule has 0 bridgehead atoms. The van der Waals surface area contributed by atoms with E-state index < -0.39 is 18.6 Å². The molecule has 1 aliphatic rings. The van der Waals surface area contributed by atoms with Crippen molar-refractivity contribution in [2.24, 2.45) is 0 Å². The molecular formula is C16H15ClF2N4O3. The van der Waals surface area contributed by atoms with Crippen LogP contribution >= 0.6 is 11.6 Å². The van der Waals surface area contributed by atoms with E-state index in [4.69, 9.17) is 16.3 Å². The highest BCUT2D eigenvalue weighted by Gasteiger charge is 2.36. The van der Waals surface area contributed by atoms with Crippen LogP contribution in [0.25, 0.3) is 0 Å². The van der Waals surface area contributed by atoms with Crippen molar-refractivity contribution in [3.05, 3.63) is 46.4 Å². The predicted molar refractivity (Wildman–Crippen MR) is 89.2 cm³/mol. The molecule has 1 N–H and O–H groups in total. The van der Waals surface area contributed by atoms with E-state index in [9.17, 15) is 13.6 Å². The van der Waals surface area contributed by atoms with Gasteiger partial charge in [0, 0.05) is 16.3 Å². The lowest BCUT2D eigenvalue weighted by molar-refractivity contribution is -0.139. The van der Waals surface area contributed by atoms with Crippen LogP contribution in [0.3, 0.4) is 0 Å². The van der Waals surface area contributed by atoms with Gasteiger partial charge in [0.15, 0.2) is 0 Å². The highest BCUT2D eigenvalue weighted by molar-refractivity contribution is 6.30. The predicted octanol–water partition coefficient (Wildman–Crippen LogP) is 3.38. The molecule has 1 aliphatic heterocycles. The quantitative estimate of drug-likeness (QED) is 0.796. The fourth-order valence-electron chi connectivity index (χ4n) is 2.79. The number of anilines is 1. The van der Waals surface area contributed by atoms with Crippen LogP contribution in [0.4, 0.5) is 14.7 Å². The summed E-state index contributed by atoms with van der Waals surface area (Å²) in [5.74, 6) is -0.373. The number of aromatic nitrogens is 3. The molecule has 3 rings (SSSR count). The number of hydrogen-bond donors (Lipinski definition) is 1. The number of hydrogen-bond acceptors (Lipinski definition) is 6. The maximum atomic E-state index is 12.9. The molecule has 138 valence electrons. The Morgan fingerprint density at radius 2 is 2.23 bits per heavy atom. The number of fused-ring (bicyclic) bond motifs is 1. The van der Waals surface area contributed by atoms with Gasteiger partial charge in [0.05, 0.1) is 12.2 Å². The van der Waals surface area contributed by atoms with E-state index in [2.05, 4.69) is 20.1 Å². The van der Waals surface area contributed by atoms with Crippen molar-refractivity contribution in [1.29, 1.82) is 0 Å². The summed E-state index contributed by atoms with van der Waals surface area (Å²) in [4.78, 5) is 16.6. The van der Waals surface area contributed by atoms with Gasteiger partial charge in [-0.3, -0.25) is 0 Å². The molecule has 0 unspecified atom stereocenters. The standard InChI is InChI=1S/C16H15ClF2N4O3/c1-3-25-14(24)12-8(2)22-16-20-7-21-23(16)13(12)10-6-9(17)4-5-11(10)26-15(18)19/h4-7,13,15H,3H2,1-2H3,(H,20,21,22)/t13-/m0/s1. The second kappa shape index (κ2) is 7.28. The molecule has 0 radical (unpaired) electrons. The van der Waals surface area contributed by atoms with Gasteiger partial charge in [-0.1, -0.05) is 11.6 Å². The Labute approximate surface area is 152 Å². The number of carbonyl (C=O) groups excluding carboxylic acids is 1. The Hall–Kier alpha value is -2.68. The summed E-state index contributed by atoms with van der Waals surface area (Å²) in [6, 6.07) is 3.31. The van der Waals surface area contributed by atoms with Gasteiger partial charge in [-0.05, 0) is 32.0 Å². The van der Waals surface area contributed by atoms with Gasteiger partial charge >= 0.3 is 12.6 Å². The average Bonchev–Trinajstić information content (AvgIpc) is 3.03. The summed E-state index contributed by atoms with van der Waals surface area (Å²) < 4.78 is 36.8. The number of nitrogens with one attached hydrogen (secondary N) is 1. The van der Waals surface area contributed by atoms with Crippen LogP contribution in [0.2, 0.25) is 5.02 Å². The average molecular weight is 385 g/mol. The maximum Gasteiger partial charge on any atom is 0.387 e. The molecule has 1 atom stereocenters. The fourth-order valence-corrected chi connectivity index (χ4v) is 2.97. The Balaban J connectivity index is 2.20. The first kappa shape index (κ1) is 18.1. The normalized spacial score (nSPS) is 16.3.